The van der Waals surface area contributed by atoms with E-state index in [9.17, 15) is 4.79 Å². The Kier molecular flexibility index (Phi) is 2.86. The van der Waals surface area contributed by atoms with Gasteiger partial charge in [0.05, 0.1) is 5.52 Å². The van der Waals surface area contributed by atoms with Crippen LogP contribution in [0.2, 0.25) is 0 Å². The SMILES string of the molecule is CCC(CC)n1c(=O)oc2cc(C)ccc21. The van der Waals surface area contributed by atoms with Gasteiger partial charge in [-0.3, -0.25) is 4.57 Å². The molecule has 3 nitrogen and oxygen atoms in total. The number of aromatic nitrogens is 1. The number of rotatable bonds is 3. The van der Waals surface area contributed by atoms with E-state index in [0.717, 1.165) is 23.9 Å². The van der Waals surface area contributed by atoms with Crippen LogP contribution in [0.1, 0.15) is 38.3 Å². The number of oxazole rings is 1. The molecule has 3 heteroatoms. The van der Waals surface area contributed by atoms with Crippen molar-refractivity contribution in [2.45, 2.75) is 39.7 Å². The van der Waals surface area contributed by atoms with Crippen LogP contribution in [-0.2, 0) is 0 Å². The predicted molar refractivity (Wildman–Crippen MR) is 64.8 cm³/mol. The second kappa shape index (κ2) is 4.16. The molecular formula is C13H17NO2. The highest BCUT2D eigenvalue weighted by Gasteiger charge is 2.15. The van der Waals surface area contributed by atoms with Crippen molar-refractivity contribution in [2.24, 2.45) is 0 Å². The average molecular weight is 219 g/mol. The first-order chi connectivity index (χ1) is 7.67. The molecule has 0 spiro atoms. The summed E-state index contributed by atoms with van der Waals surface area (Å²) in [4.78, 5) is 11.8. The van der Waals surface area contributed by atoms with Crippen molar-refractivity contribution in [1.82, 2.24) is 4.57 Å². The largest absolute Gasteiger partial charge is 0.420 e. The van der Waals surface area contributed by atoms with Crippen LogP contribution in [0.15, 0.2) is 27.4 Å². The van der Waals surface area contributed by atoms with Crippen LogP contribution in [0.25, 0.3) is 11.1 Å². The number of hydrogen-bond acceptors (Lipinski definition) is 2. The fourth-order valence-corrected chi connectivity index (χ4v) is 2.14. The van der Waals surface area contributed by atoms with Gasteiger partial charge in [-0.15, -0.1) is 0 Å². The van der Waals surface area contributed by atoms with E-state index in [0.29, 0.717) is 5.58 Å². The molecule has 2 aromatic rings. The van der Waals surface area contributed by atoms with Crippen molar-refractivity contribution in [3.8, 4) is 0 Å². The van der Waals surface area contributed by atoms with E-state index in [1.54, 1.807) is 4.57 Å². The van der Waals surface area contributed by atoms with Crippen LogP contribution >= 0.6 is 0 Å². The summed E-state index contributed by atoms with van der Waals surface area (Å²) in [5, 5.41) is 0. The highest BCUT2D eigenvalue weighted by molar-refractivity contribution is 5.73. The Balaban J connectivity index is 2.69. The van der Waals surface area contributed by atoms with Gasteiger partial charge in [-0.25, -0.2) is 4.79 Å². The molecule has 16 heavy (non-hydrogen) atoms. The van der Waals surface area contributed by atoms with E-state index in [1.165, 1.54) is 0 Å². The van der Waals surface area contributed by atoms with Gasteiger partial charge in [-0.2, -0.15) is 0 Å². The van der Waals surface area contributed by atoms with Gasteiger partial charge in [-0.05, 0) is 37.5 Å². The van der Waals surface area contributed by atoms with Crippen LogP contribution in [0.5, 0.6) is 0 Å². The third kappa shape index (κ3) is 1.66. The summed E-state index contributed by atoms with van der Waals surface area (Å²) in [5.41, 5.74) is 2.71. The molecular weight excluding hydrogens is 202 g/mol. The molecule has 0 radical (unpaired) electrons. The van der Waals surface area contributed by atoms with Gasteiger partial charge in [0.25, 0.3) is 0 Å². The van der Waals surface area contributed by atoms with Gasteiger partial charge in [-0.1, -0.05) is 19.9 Å². The van der Waals surface area contributed by atoms with E-state index >= 15 is 0 Å². The first-order valence-corrected chi connectivity index (χ1v) is 5.79. The standard InChI is InChI=1S/C13H17NO2/c1-4-10(5-2)14-11-7-6-9(3)8-12(11)16-13(14)15/h6-8,10H,4-5H2,1-3H3. The molecule has 0 aliphatic heterocycles. The Morgan fingerprint density at radius 1 is 1.31 bits per heavy atom. The summed E-state index contributed by atoms with van der Waals surface area (Å²) in [6.07, 6.45) is 1.89. The van der Waals surface area contributed by atoms with Crippen LogP contribution in [0.4, 0.5) is 0 Å². The van der Waals surface area contributed by atoms with Crippen molar-refractivity contribution in [3.63, 3.8) is 0 Å². The minimum atomic E-state index is -0.241. The monoisotopic (exact) mass is 219 g/mol. The molecule has 1 heterocycles. The highest BCUT2D eigenvalue weighted by atomic mass is 16.4. The van der Waals surface area contributed by atoms with Crippen LogP contribution in [-0.4, -0.2) is 4.57 Å². The van der Waals surface area contributed by atoms with E-state index in [1.807, 2.05) is 25.1 Å². The summed E-state index contributed by atoms with van der Waals surface area (Å²) in [6.45, 7) is 6.18. The van der Waals surface area contributed by atoms with Gasteiger partial charge in [0.1, 0.15) is 0 Å². The van der Waals surface area contributed by atoms with Gasteiger partial charge in [0.2, 0.25) is 0 Å². The van der Waals surface area contributed by atoms with Crippen LogP contribution in [0, 0.1) is 6.92 Å². The molecule has 0 saturated carbocycles. The fourth-order valence-electron chi connectivity index (χ4n) is 2.14. The molecule has 1 aromatic carbocycles. The predicted octanol–water partition coefficient (Wildman–Crippen LogP) is 3.26. The second-order valence-electron chi connectivity index (χ2n) is 4.18. The molecule has 0 amide bonds. The Morgan fingerprint density at radius 3 is 2.62 bits per heavy atom. The van der Waals surface area contributed by atoms with Crippen LogP contribution < -0.4 is 5.76 Å². The molecule has 2 rings (SSSR count). The normalized spacial score (nSPS) is 11.5. The van der Waals surface area contributed by atoms with E-state index < -0.39 is 0 Å². The average Bonchev–Trinajstić information content (AvgIpc) is 2.57. The number of aryl methyl sites for hydroxylation is 1. The Hall–Kier alpha value is -1.51. The van der Waals surface area contributed by atoms with Crippen LogP contribution in [0.3, 0.4) is 0 Å². The first-order valence-electron chi connectivity index (χ1n) is 5.79. The maximum absolute atomic E-state index is 11.8. The van der Waals surface area contributed by atoms with E-state index in [2.05, 4.69) is 13.8 Å². The van der Waals surface area contributed by atoms with Crippen molar-refractivity contribution >= 4 is 11.1 Å². The Labute approximate surface area is 94.7 Å². The molecule has 0 unspecified atom stereocenters. The van der Waals surface area contributed by atoms with Gasteiger partial charge in [0.15, 0.2) is 5.58 Å². The minimum absolute atomic E-state index is 0.233. The van der Waals surface area contributed by atoms with Crippen molar-refractivity contribution < 1.29 is 4.42 Å². The number of nitrogens with zero attached hydrogens (tertiary/aromatic N) is 1. The van der Waals surface area contributed by atoms with Crippen molar-refractivity contribution in [1.29, 1.82) is 0 Å². The number of fused-ring (bicyclic) bond motifs is 1. The summed E-state index contributed by atoms with van der Waals surface area (Å²) in [6, 6.07) is 6.12. The lowest BCUT2D eigenvalue weighted by Gasteiger charge is -2.13. The lowest BCUT2D eigenvalue weighted by molar-refractivity contribution is 0.421. The maximum atomic E-state index is 11.8. The van der Waals surface area contributed by atoms with Crippen molar-refractivity contribution in [3.05, 3.63) is 34.3 Å². The quantitative estimate of drug-likeness (QED) is 0.794. The third-order valence-corrected chi connectivity index (χ3v) is 3.08. The zero-order valence-electron chi connectivity index (χ0n) is 9.99. The Bertz CT molecular complexity index is 547. The zero-order valence-corrected chi connectivity index (χ0v) is 9.99. The lowest BCUT2D eigenvalue weighted by Crippen LogP contribution is -2.19. The van der Waals surface area contributed by atoms with Gasteiger partial charge in [0, 0.05) is 6.04 Å². The van der Waals surface area contributed by atoms with E-state index in [4.69, 9.17) is 4.42 Å². The summed E-state index contributed by atoms with van der Waals surface area (Å²) in [5.74, 6) is -0.241. The summed E-state index contributed by atoms with van der Waals surface area (Å²) < 4.78 is 7.04. The van der Waals surface area contributed by atoms with Gasteiger partial charge >= 0.3 is 5.76 Å². The fraction of sp³-hybridized carbons (Fsp3) is 0.462. The maximum Gasteiger partial charge on any atom is 0.420 e. The van der Waals surface area contributed by atoms with Crippen molar-refractivity contribution in [2.75, 3.05) is 0 Å². The molecule has 0 aliphatic rings. The number of hydrogen-bond donors (Lipinski definition) is 0. The Morgan fingerprint density at radius 2 is 2.00 bits per heavy atom. The number of benzene rings is 1. The molecule has 86 valence electrons. The molecule has 1 aromatic heterocycles. The molecule has 0 fully saturated rings. The molecule has 0 saturated heterocycles. The summed E-state index contributed by atoms with van der Waals surface area (Å²) >= 11 is 0. The highest BCUT2D eigenvalue weighted by Crippen LogP contribution is 2.21. The van der Waals surface area contributed by atoms with Gasteiger partial charge < -0.3 is 4.42 Å². The molecule has 0 bridgehead atoms. The minimum Gasteiger partial charge on any atom is -0.408 e. The topological polar surface area (TPSA) is 35.1 Å². The first kappa shape index (κ1) is 11.0. The van der Waals surface area contributed by atoms with E-state index in [-0.39, 0.29) is 11.8 Å². The molecule has 0 aliphatic carbocycles. The summed E-state index contributed by atoms with van der Waals surface area (Å²) in [7, 11) is 0. The molecule has 0 N–H and O–H groups in total. The second-order valence-corrected chi connectivity index (χ2v) is 4.18. The lowest BCUT2D eigenvalue weighted by atomic mass is 10.1. The smallest absolute Gasteiger partial charge is 0.408 e. The zero-order chi connectivity index (χ0) is 11.7. The third-order valence-electron chi connectivity index (χ3n) is 3.08. The molecule has 0 atom stereocenters.